The molecule has 0 amide bonds. The molecular formula is C20H20O. The first kappa shape index (κ1) is 13.8. The zero-order valence-electron chi connectivity index (χ0n) is 12.4. The molecule has 0 aliphatic heterocycles. The van der Waals surface area contributed by atoms with E-state index in [1.807, 2.05) is 24.3 Å². The molecule has 21 heavy (non-hydrogen) atoms. The maximum absolute atomic E-state index is 12.7. The van der Waals surface area contributed by atoms with Gasteiger partial charge in [0.05, 0.1) is 5.92 Å². The highest BCUT2D eigenvalue weighted by atomic mass is 16.1. The minimum absolute atomic E-state index is 0.0429. The van der Waals surface area contributed by atoms with E-state index in [0.29, 0.717) is 12.2 Å². The van der Waals surface area contributed by atoms with E-state index in [2.05, 4.69) is 43.3 Å². The second-order valence-corrected chi connectivity index (χ2v) is 5.74. The van der Waals surface area contributed by atoms with Crippen molar-refractivity contribution in [2.75, 3.05) is 0 Å². The summed E-state index contributed by atoms with van der Waals surface area (Å²) in [6, 6.07) is 18.6. The molecule has 1 aliphatic carbocycles. The highest BCUT2D eigenvalue weighted by Gasteiger charge is 2.26. The highest BCUT2D eigenvalue weighted by Crippen LogP contribution is 2.33. The number of fused-ring (bicyclic) bond motifs is 1. The van der Waals surface area contributed by atoms with Gasteiger partial charge >= 0.3 is 0 Å². The van der Waals surface area contributed by atoms with Crippen molar-refractivity contribution in [2.24, 2.45) is 0 Å². The first-order chi connectivity index (χ1) is 10.3. The van der Waals surface area contributed by atoms with Gasteiger partial charge in [-0.15, -0.1) is 0 Å². The molecule has 0 aromatic heterocycles. The molecule has 1 atom stereocenters. The number of ketones is 1. The average Bonchev–Trinajstić information content (AvgIpc) is 2.53. The second-order valence-electron chi connectivity index (χ2n) is 5.74. The number of carbonyl (C=O) groups excluding carboxylic acids is 1. The first-order valence-electron chi connectivity index (χ1n) is 7.57. The summed E-state index contributed by atoms with van der Waals surface area (Å²) in [4.78, 5) is 12.7. The Hall–Kier alpha value is -2.15. The quantitative estimate of drug-likeness (QED) is 0.753. The second kappa shape index (κ2) is 6.09. The molecule has 2 aromatic rings. The number of hydrogen-bond donors (Lipinski definition) is 0. The number of Topliss-reactive ketones (excluding diaryl/α,β-unsaturated/α-hetero) is 1. The van der Waals surface area contributed by atoms with Crippen molar-refractivity contribution in [2.45, 2.75) is 32.1 Å². The summed E-state index contributed by atoms with van der Waals surface area (Å²) in [6.45, 7) is 2.08. The lowest BCUT2D eigenvalue weighted by Crippen LogP contribution is -2.19. The van der Waals surface area contributed by atoms with Crippen molar-refractivity contribution < 1.29 is 4.79 Å². The fourth-order valence-electron chi connectivity index (χ4n) is 3.12. The van der Waals surface area contributed by atoms with Crippen LogP contribution >= 0.6 is 0 Å². The SMILES string of the molecule is CC1=CCc2ccccc2C1C(=O)CCc1ccccc1. The smallest absolute Gasteiger partial charge is 0.144 e. The standard InChI is InChI=1S/C20H20O/c1-15-11-13-17-9-5-6-10-18(17)20(15)19(21)14-12-16-7-3-2-4-8-16/h2-11,20H,12-14H2,1H3. The normalized spacial score (nSPS) is 17.0. The summed E-state index contributed by atoms with van der Waals surface area (Å²) in [7, 11) is 0. The fraction of sp³-hybridized carbons (Fsp3) is 0.250. The van der Waals surface area contributed by atoms with Crippen molar-refractivity contribution >= 4 is 5.78 Å². The minimum atomic E-state index is -0.0429. The van der Waals surface area contributed by atoms with Gasteiger partial charge in [0.1, 0.15) is 5.78 Å². The average molecular weight is 276 g/mol. The van der Waals surface area contributed by atoms with E-state index in [4.69, 9.17) is 0 Å². The number of carbonyl (C=O) groups is 1. The van der Waals surface area contributed by atoms with Gasteiger partial charge in [-0.3, -0.25) is 4.79 Å². The van der Waals surface area contributed by atoms with E-state index >= 15 is 0 Å². The Kier molecular flexibility index (Phi) is 4.01. The van der Waals surface area contributed by atoms with Crippen molar-refractivity contribution in [1.82, 2.24) is 0 Å². The van der Waals surface area contributed by atoms with Crippen LogP contribution in [0.5, 0.6) is 0 Å². The third-order valence-electron chi connectivity index (χ3n) is 4.29. The van der Waals surface area contributed by atoms with E-state index in [9.17, 15) is 4.79 Å². The van der Waals surface area contributed by atoms with Crippen LogP contribution in [-0.4, -0.2) is 5.78 Å². The number of rotatable bonds is 4. The lowest BCUT2D eigenvalue weighted by Gasteiger charge is -2.24. The van der Waals surface area contributed by atoms with Gasteiger partial charge in [-0.1, -0.05) is 66.2 Å². The summed E-state index contributed by atoms with van der Waals surface area (Å²) in [5.41, 5.74) is 4.93. The molecule has 1 unspecified atom stereocenters. The molecule has 3 rings (SSSR count). The Bertz CT molecular complexity index is 667. The maximum Gasteiger partial charge on any atom is 0.144 e. The van der Waals surface area contributed by atoms with Crippen LogP contribution in [0.25, 0.3) is 0 Å². The number of hydrogen-bond acceptors (Lipinski definition) is 1. The summed E-state index contributed by atoms with van der Waals surface area (Å²) >= 11 is 0. The lowest BCUT2D eigenvalue weighted by atomic mass is 9.79. The molecule has 0 heterocycles. The van der Waals surface area contributed by atoms with Gasteiger partial charge in [0, 0.05) is 6.42 Å². The molecule has 0 saturated carbocycles. The summed E-state index contributed by atoms with van der Waals surface area (Å²) < 4.78 is 0. The molecule has 0 N–H and O–H groups in total. The summed E-state index contributed by atoms with van der Waals surface area (Å²) in [6.07, 6.45) is 4.58. The maximum atomic E-state index is 12.7. The van der Waals surface area contributed by atoms with E-state index in [0.717, 1.165) is 12.8 Å². The van der Waals surface area contributed by atoms with Gasteiger partial charge in [0.2, 0.25) is 0 Å². The van der Waals surface area contributed by atoms with Crippen LogP contribution in [0.3, 0.4) is 0 Å². The van der Waals surface area contributed by atoms with Crippen molar-refractivity contribution in [3.63, 3.8) is 0 Å². The van der Waals surface area contributed by atoms with E-state index in [1.165, 1.54) is 22.3 Å². The first-order valence-corrected chi connectivity index (χ1v) is 7.57. The van der Waals surface area contributed by atoms with Gasteiger partial charge in [0.25, 0.3) is 0 Å². The molecule has 106 valence electrons. The van der Waals surface area contributed by atoms with Crippen molar-refractivity contribution in [3.05, 3.63) is 82.9 Å². The Morgan fingerprint density at radius 3 is 2.57 bits per heavy atom. The molecule has 0 fully saturated rings. The Morgan fingerprint density at radius 1 is 1.05 bits per heavy atom. The molecule has 1 heteroatoms. The van der Waals surface area contributed by atoms with E-state index < -0.39 is 0 Å². The van der Waals surface area contributed by atoms with Crippen LogP contribution in [0.15, 0.2) is 66.2 Å². The molecule has 2 aromatic carbocycles. The van der Waals surface area contributed by atoms with Gasteiger partial charge in [-0.05, 0) is 36.5 Å². The van der Waals surface area contributed by atoms with Crippen LogP contribution in [0.4, 0.5) is 0 Å². The van der Waals surface area contributed by atoms with Crippen LogP contribution < -0.4 is 0 Å². The number of benzene rings is 2. The van der Waals surface area contributed by atoms with Gasteiger partial charge in [-0.2, -0.15) is 0 Å². The molecule has 0 spiro atoms. The third kappa shape index (κ3) is 2.97. The highest BCUT2D eigenvalue weighted by molar-refractivity contribution is 5.89. The van der Waals surface area contributed by atoms with Crippen LogP contribution in [-0.2, 0) is 17.6 Å². The molecule has 0 bridgehead atoms. The van der Waals surface area contributed by atoms with Crippen molar-refractivity contribution in [1.29, 1.82) is 0 Å². The van der Waals surface area contributed by atoms with Crippen molar-refractivity contribution in [3.8, 4) is 0 Å². The molecular weight excluding hydrogens is 256 g/mol. The van der Waals surface area contributed by atoms with Gasteiger partial charge in [0.15, 0.2) is 0 Å². The molecule has 1 nitrogen and oxygen atoms in total. The largest absolute Gasteiger partial charge is 0.299 e. The Balaban J connectivity index is 1.77. The number of allylic oxidation sites excluding steroid dienone is 2. The van der Waals surface area contributed by atoms with Crippen LogP contribution in [0, 0.1) is 0 Å². The van der Waals surface area contributed by atoms with Gasteiger partial charge < -0.3 is 0 Å². The summed E-state index contributed by atoms with van der Waals surface area (Å²) in [5, 5.41) is 0. The minimum Gasteiger partial charge on any atom is -0.299 e. The summed E-state index contributed by atoms with van der Waals surface area (Å²) in [5.74, 6) is 0.290. The zero-order valence-corrected chi connectivity index (χ0v) is 12.4. The fourth-order valence-corrected chi connectivity index (χ4v) is 3.12. The zero-order chi connectivity index (χ0) is 14.7. The Morgan fingerprint density at radius 2 is 1.76 bits per heavy atom. The topological polar surface area (TPSA) is 17.1 Å². The monoisotopic (exact) mass is 276 g/mol. The van der Waals surface area contributed by atoms with Crippen LogP contribution in [0.2, 0.25) is 0 Å². The van der Waals surface area contributed by atoms with E-state index in [1.54, 1.807) is 0 Å². The predicted molar refractivity (Wildman–Crippen MR) is 86.4 cm³/mol. The molecule has 0 radical (unpaired) electrons. The van der Waals surface area contributed by atoms with Gasteiger partial charge in [-0.25, -0.2) is 0 Å². The van der Waals surface area contributed by atoms with Crippen LogP contribution in [0.1, 0.15) is 36.0 Å². The molecule has 0 saturated heterocycles. The Labute approximate surface area is 126 Å². The predicted octanol–water partition coefficient (Wildman–Crippen LogP) is 4.47. The van der Waals surface area contributed by atoms with E-state index in [-0.39, 0.29) is 5.92 Å². The number of aryl methyl sites for hydroxylation is 1. The molecule has 1 aliphatic rings. The third-order valence-corrected chi connectivity index (χ3v) is 4.29. The lowest BCUT2D eigenvalue weighted by molar-refractivity contribution is -0.119.